The highest BCUT2D eigenvalue weighted by atomic mass is 16.4. The van der Waals surface area contributed by atoms with Crippen LogP contribution in [0.4, 0.5) is 0 Å². The molecule has 4 N–H and O–H groups in total. The number of nitrogens with two attached hydrogens (primary N) is 1. The second-order valence-electron chi connectivity index (χ2n) is 1.57. The Balaban J connectivity index is 3.77. The predicted octanol–water partition coefficient (Wildman–Crippen LogP) is -0.827. The van der Waals surface area contributed by atoms with Gasteiger partial charge in [-0.3, -0.25) is 10.2 Å². The van der Waals surface area contributed by atoms with Crippen LogP contribution >= 0.6 is 0 Å². The Labute approximate surface area is 63.2 Å². The molecule has 11 heavy (non-hydrogen) atoms. The molecule has 0 aromatic heterocycles. The average molecular weight is 156 g/mol. The van der Waals surface area contributed by atoms with Crippen LogP contribution in [-0.4, -0.2) is 17.0 Å². The zero-order valence-corrected chi connectivity index (χ0v) is 5.65. The summed E-state index contributed by atoms with van der Waals surface area (Å²) < 4.78 is 0. The van der Waals surface area contributed by atoms with E-state index in [-0.39, 0.29) is 0 Å². The van der Waals surface area contributed by atoms with Crippen LogP contribution in [0.1, 0.15) is 0 Å². The molecule has 0 aliphatic rings. The number of hydrazine groups is 1. The molecule has 0 rings (SSSR count). The van der Waals surface area contributed by atoms with E-state index in [1.54, 1.807) is 0 Å². The van der Waals surface area contributed by atoms with E-state index in [2.05, 4.69) is 0 Å². The summed E-state index contributed by atoms with van der Waals surface area (Å²) in [5.41, 5.74) is 1.85. The number of carbonyl (C=O) groups is 2. The summed E-state index contributed by atoms with van der Waals surface area (Å²) in [6, 6.07) is 0. The molecule has 0 saturated heterocycles. The lowest BCUT2D eigenvalue weighted by atomic mass is 10.4. The van der Waals surface area contributed by atoms with Crippen molar-refractivity contribution in [2.75, 3.05) is 0 Å². The molecule has 0 aromatic carbocycles. The van der Waals surface area contributed by atoms with Crippen LogP contribution in [0.3, 0.4) is 0 Å². The maximum absolute atomic E-state index is 10.4. The summed E-state index contributed by atoms with van der Waals surface area (Å²) in [7, 11) is 0. The van der Waals surface area contributed by atoms with Crippen molar-refractivity contribution in [3.05, 3.63) is 24.3 Å². The van der Waals surface area contributed by atoms with E-state index < -0.39 is 11.9 Å². The molecular weight excluding hydrogens is 148 g/mol. The van der Waals surface area contributed by atoms with Gasteiger partial charge in [-0.05, 0) is 0 Å². The van der Waals surface area contributed by atoms with E-state index in [0.29, 0.717) is 0 Å². The summed E-state index contributed by atoms with van der Waals surface area (Å²) in [5.74, 6) is 3.17. The molecule has 0 aliphatic heterocycles. The molecule has 5 heteroatoms. The molecule has 1 amide bonds. The summed E-state index contributed by atoms with van der Waals surface area (Å²) in [6.07, 6.45) is 4.51. The van der Waals surface area contributed by atoms with E-state index in [1.807, 2.05) is 5.43 Å². The maximum atomic E-state index is 10.4. The van der Waals surface area contributed by atoms with E-state index in [9.17, 15) is 9.59 Å². The van der Waals surface area contributed by atoms with E-state index in [4.69, 9.17) is 10.9 Å². The van der Waals surface area contributed by atoms with Crippen LogP contribution in [-0.2, 0) is 9.59 Å². The van der Waals surface area contributed by atoms with E-state index in [1.165, 1.54) is 12.2 Å². The van der Waals surface area contributed by atoms with Crippen LogP contribution < -0.4 is 11.3 Å². The topological polar surface area (TPSA) is 92.4 Å². The van der Waals surface area contributed by atoms with Gasteiger partial charge in [0.25, 0.3) is 5.91 Å². The quantitative estimate of drug-likeness (QED) is 0.163. The standard InChI is InChI=1S/C6H8N2O3/c7-8-5(9)3-1-2-4-6(10)11/h1-4H,7H2,(H,8,9)(H,10,11). The number of amides is 1. The fraction of sp³-hybridized carbons (Fsp3) is 0. The van der Waals surface area contributed by atoms with Crippen molar-refractivity contribution in [2.45, 2.75) is 0 Å². The van der Waals surface area contributed by atoms with Gasteiger partial charge in [0, 0.05) is 12.2 Å². The summed E-state index contributed by atoms with van der Waals surface area (Å²) in [6.45, 7) is 0. The highest BCUT2D eigenvalue weighted by molar-refractivity contribution is 5.87. The number of allylic oxidation sites excluding steroid dienone is 2. The molecule has 60 valence electrons. The Bertz CT molecular complexity index is 208. The number of carboxylic acids is 1. The first-order valence-electron chi connectivity index (χ1n) is 2.75. The molecule has 5 nitrogen and oxygen atoms in total. The summed E-state index contributed by atoms with van der Waals surface area (Å²) in [4.78, 5) is 20.2. The Hall–Kier alpha value is -1.62. The Morgan fingerprint density at radius 2 is 1.82 bits per heavy atom. The van der Waals surface area contributed by atoms with Crippen molar-refractivity contribution in [3.63, 3.8) is 0 Å². The third kappa shape index (κ3) is 6.26. The number of hydrogen-bond donors (Lipinski definition) is 3. The lowest BCUT2D eigenvalue weighted by Crippen LogP contribution is -2.27. The van der Waals surface area contributed by atoms with Gasteiger partial charge in [0.05, 0.1) is 0 Å². The van der Waals surface area contributed by atoms with Gasteiger partial charge in [-0.2, -0.15) is 0 Å². The Morgan fingerprint density at radius 1 is 1.27 bits per heavy atom. The van der Waals surface area contributed by atoms with Gasteiger partial charge in [-0.15, -0.1) is 0 Å². The first-order chi connectivity index (χ1) is 5.16. The monoisotopic (exact) mass is 156 g/mol. The first-order valence-corrected chi connectivity index (χ1v) is 2.75. The van der Waals surface area contributed by atoms with Crippen molar-refractivity contribution in [1.29, 1.82) is 0 Å². The molecule has 0 fully saturated rings. The smallest absolute Gasteiger partial charge is 0.328 e. The second-order valence-corrected chi connectivity index (χ2v) is 1.57. The number of carboxylic acid groups (broad SMARTS) is 1. The fourth-order valence-corrected chi connectivity index (χ4v) is 0.329. The molecule has 0 aromatic rings. The highest BCUT2D eigenvalue weighted by Crippen LogP contribution is 1.76. The SMILES string of the molecule is NNC(=O)C=CC=CC(=O)O. The van der Waals surface area contributed by atoms with E-state index in [0.717, 1.165) is 12.2 Å². The van der Waals surface area contributed by atoms with Crippen LogP contribution in [0.25, 0.3) is 0 Å². The number of aliphatic carboxylic acids is 1. The third-order valence-corrected chi connectivity index (χ3v) is 0.740. The van der Waals surface area contributed by atoms with Crippen molar-refractivity contribution in [1.82, 2.24) is 5.43 Å². The molecular formula is C6H8N2O3. The fourth-order valence-electron chi connectivity index (χ4n) is 0.329. The van der Waals surface area contributed by atoms with Gasteiger partial charge < -0.3 is 5.11 Å². The minimum atomic E-state index is -1.07. The lowest BCUT2D eigenvalue weighted by molar-refractivity contribution is -0.131. The van der Waals surface area contributed by atoms with E-state index >= 15 is 0 Å². The van der Waals surface area contributed by atoms with Gasteiger partial charge in [0.1, 0.15) is 0 Å². The summed E-state index contributed by atoms with van der Waals surface area (Å²) >= 11 is 0. The third-order valence-electron chi connectivity index (χ3n) is 0.740. The van der Waals surface area contributed by atoms with Crippen LogP contribution in [0.2, 0.25) is 0 Å². The van der Waals surface area contributed by atoms with Gasteiger partial charge >= 0.3 is 5.97 Å². The van der Waals surface area contributed by atoms with Gasteiger partial charge in [0.15, 0.2) is 0 Å². The van der Waals surface area contributed by atoms with Gasteiger partial charge in [-0.25, -0.2) is 10.6 Å². The molecule has 0 radical (unpaired) electrons. The van der Waals surface area contributed by atoms with Gasteiger partial charge in [0.2, 0.25) is 0 Å². The van der Waals surface area contributed by atoms with Crippen molar-refractivity contribution in [2.24, 2.45) is 5.84 Å². The zero-order chi connectivity index (χ0) is 8.69. The van der Waals surface area contributed by atoms with Crippen molar-refractivity contribution >= 4 is 11.9 Å². The number of rotatable bonds is 3. The molecule has 0 bridgehead atoms. The average Bonchev–Trinajstić information content (AvgIpc) is 1.97. The lowest BCUT2D eigenvalue weighted by Gasteiger charge is -1.85. The summed E-state index contributed by atoms with van der Waals surface area (Å²) in [5, 5.41) is 8.09. The first kappa shape index (κ1) is 9.38. The number of hydrogen-bond acceptors (Lipinski definition) is 3. The molecule has 0 saturated carbocycles. The highest BCUT2D eigenvalue weighted by Gasteiger charge is 1.85. The zero-order valence-electron chi connectivity index (χ0n) is 5.65. The largest absolute Gasteiger partial charge is 0.478 e. The molecule has 0 atom stereocenters. The predicted molar refractivity (Wildman–Crippen MR) is 38.2 cm³/mol. The minimum absolute atomic E-state index is 0.486. The number of nitrogens with one attached hydrogen (secondary N) is 1. The Morgan fingerprint density at radius 3 is 2.27 bits per heavy atom. The normalized spacial score (nSPS) is 10.6. The second kappa shape index (κ2) is 5.19. The molecule has 0 heterocycles. The molecule has 0 unspecified atom stereocenters. The van der Waals surface area contributed by atoms with Gasteiger partial charge in [-0.1, -0.05) is 12.2 Å². The number of carbonyl (C=O) groups excluding carboxylic acids is 1. The van der Waals surface area contributed by atoms with Crippen LogP contribution in [0.15, 0.2) is 24.3 Å². The van der Waals surface area contributed by atoms with Crippen LogP contribution in [0, 0.1) is 0 Å². The molecule has 0 aliphatic carbocycles. The molecule has 0 spiro atoms. The Kier molecular flexibility index (Phi) is 4.42. The van der Waals surface area contributed by atoms with Crippen molar-refractivity contribution < 1.29 is 14.7 Å². The maximum Gasteiger partial charge on any atom is 0.328 e. The van der Waals surface area contributed by atoms with Crippen LogP contribution in [0.5, 0.6) is 0 Å². The van der Waals surface area contributed by atoms with Crippen molar-refractivity contribution in [3.8, 4) is 0 Å². The minimum Gasteiger partial charge on any atom is -0.478 e.